The lowest BCUT2D eigenvalue weighted by Gasteiger charge is -2.49. The van der Waals surface area contributed by atoms with Crippen molar-refractivity contribution in [2.45, 2.75) is 37.6 Å². The third-order valence-corrected chi connectivity index (χ3v) is 4.91. The number of hydrogen-bond donors (Lipinski definition) is 1. The predicted octanol–water partition coefficient (Wildman–Crippen LogP) is 2.81. The van der Waals surface area contributed by atoms with E-state index in [4.69, 9.17) is 4.74 Å². The van der Waals surface area contributed by atoms with Gasteiger partial charge in [0.1, 0.15) is 18.2 Å². The minimum atomic E-state index is -0.217. The fourth-order valence-corrected chi connectivity index (χ4v) is 3.74. The first-order valence-corrected chi connectivity index (χ1v) is 8.13. The molecular weight excluding hydrogens is 267 g/mol. The van der Waals surface area contributed by atoms with Gasteiger partial charge in [-0.05, 0) is 37.1 Å². The second kappa shape index (κ2) is 6.75. The van der Waals surface area contributed by atoms with Crippen LogP contribution in [0.5, 0.6) is 5.75 Å². The van der Waals surface area contributed by atoms with Crippen molar-refractivity contribution in [3.8, 4) is 5.75 Å². The topological polar surface area (TPSA) is 24.5 Å². The summed E-state index contributed by atoms with van der Waals surface area (Å²) in [5.41, 5.74) is 0.350. The maximum absolute atomic E-state index is 12.9. The quantitative estimate of drug-likeness (QED) is 0.923. The maximum Gasteiger partial charge on any atom is 0.123 e. The zero-order chi connectivity index (χ0) is 14.5. The Morgan fingerprint density at radius 1 is 1.14 bits per heavy atom. The molecule has 0 aromatic heterocycles. The molecule has 2 fully saturated rings. The number of nitrogens with zero attached hydrogens (tertiary/aromatic N) is 1. The molecule has 3 rings (SSSR count). The van der Waals surface area contributed by atoms with Crippen molar-refractivity contribution < 1.29 is 9.13 Å². The lowest BCUT2D eigenvalue weighted by atomic mass is 9.79. The molecule has 4 heteroatoms. The zero-order valence-electron chi connectivity index (χ0n) is 12.6. The number of rotatable bonds is 4. The van der Waals surface area contributed by atoms with Crippen molar-refractivity contribution in [3.63, 3.8) is 0 Å². The van der Waals surface area contributed by atoms with Gasteiger partial charge < -0.3 is 10.1 Å². The Morgan fingerprint density at radius 2 is 1.90 bits per heavy atom. The summed E-state index contributed by atoms with van der Waals surface area (Å²) in [5, 5.41) is 3.57. The van der Waals surface area contributed by atoms with Crippen LogP contribution in [0.15, 0.2) is 24.3 Å². The molecule has 1 saturated carbocycles. The van der Waals surface area contributed by atoms with Crippen molar-refractivity contribution in [2.75, 3.05) is 32.8 Å². The van der Waals surface area contributed by atoms with Gasteiger partial charge in [0.2, 0.25) is 0 Å². The summed E-state index contributed by atoms with van der Waals surface area (Å²) in [5.74, 6) is 0.537. The number of halogens is 1. The van der Waals surface area contributed by atoms with Crippen LogP contribution in [0.3, 0.4) is 0 Å². The molecule has 1 N–H and O–H groups in total. The Kier molecular flexibility index (Phi) is 4.76. The summed E-state index contributed by atoms with van der Waals surface area (Å²) in [6.07, 6.45) is 6.67. The summed E-state index contributed by atoms with van der Waals surface area (Å²) in [6, 6.07) is 6.29. The molecule has 0 amide bonds. The van der Waals surface area contributed by atoms with Gasteiger partial charge in [0, 0.05) is 31.7 Å². The minimum absolute atomic E-state index is 0.217. The molecular formula is C17H25FN2O. The highest BCUT2D eigenvalue weighted by Crippen LogP contribution is 2.34. The van der Waals surface area contributed by atoms with E-state index in [9.17, 15) is 4.39 Å². The van der Waals surface area contributed by atoms with Crippen LogP contribution in [0.25, 0.3) is 0 Å². The highest BCUT2D eigenvalue weighted by Gasteiger charge is 2.39. The van der Waals surface area contributed by atoms with Crippen molar-refractivity contribution >= 4 is 0 Å². The molecule has 1 spiro atoms. The summed E-state index contributed by atoms with van der Waals surface area (Å²) < 4.78 is 18.6. The second-order valence-electron chi connectivity index (χ2n) is 6.25. The SMILES string of the molecule is Fc1ccc(OCCN2CCNCC23CCCCC3)cc1. The highest BCUT2D eigenvalue weighted by atomic mass is 19.1. The number of hydrogen-bond acceptors (Lipinski definition) is 3. The Hall–Kier alpha value is -1.13. The van der Waals surface area contributed by atoms with Gasteiger partial charge in [-0.15, -0.1) is 0 Å². The Balaban J connectivity index is 1.54. The summed E-state index contributed by atoms with van der Waals surface area (Å²) in [4.78, 5) is 2.62. The van der Waals surface area contributed by atoms with Gasteiger partial charge in [-0.3, -0.25) is 4.90 Å². The Morgan fingerprint density at radius 3 is 2.67 bits per heavy atom. The van der Waals surface area contributed by atoms with E-state index in [0.717, 1.165) is 31.9 Å². The van der Waals surface area contributed by atoms with Gasteiger partial charge in [-0.25, -0.2) is 4.39 Å². The first kappa shape index (κ1) is 14.8. The van der Waals surface area contributed by atoms with Crippen LogP contribution in [0.2, 0.25) is 0 Å². The third kappa shape index (κ3) is 3.55. The lowest BCUT2D eigenvalue weighted by Crippen LogP contribution is -2.62. The summed E-state index contributed by atoms with van der Waals surface area (Å²) in [7, 11) is 0. The average Bonchev–Trinajstić information content (AvgIpc) is 2.52. The molecule has 1 aliphatic carbocycles. The Bertz CT molecular complexity index is 434. The van der Waals surface area contributed by atoms with Crippen molar-refractivity contribution in [3.05, 3.63) is 30.1 Å². The van der Waals surface area contributed by atoms with Crippen LogP contribution in [0.1, 0.15) is 32.1 Å². The van der Waals surface area contributed by atoms with E-state index in [0.29, 0.717) is 12.1 Å². The molecule has 1 aliphatic heterocycles. The van der Waals surface area contributed by atoms with Crippen LogP contribution >= 0.6 is 0 Å². The minimum Gasteiger partial charge on any atom is -0.492 e. The molecule has 2 aliphatic rings. The van der Waals surface area contributed by atoms with Crippen LogP contribution in [-0.4, -0.2) is 43.2 Å². The summed E-state index contributed by atoms with van der Waals surface area (Å²) in [6.45, 7) is 4.92. The molecule has 0 radical (unpaired) electrons. The fraction of sp³-hybridized carbons (Fsp3) is 0.647. The van der Waals surface area contributed by atoms with E-state index >= 15 is 0 Å². The smallest absolute Gasteiger partial charge is 0.123 e. The molecule has 3 nitrogen and oxygen atoms in total. The summed E-state index contributed by atoms with van der Waals surface area (Å²) >= 11 is 0. The number of piperazine rings is 1. The first-order chi connectivity index (χ1) is 10.3. The van der Waals surface area contributed by atoms with E-state index in [1.165, 1.54) is 44.2 Å². The van der Waals surface area contributed by atoms with Gasteiger partial charge >= 0.3 is 0 Å². The molecule has 1 aromatic rings. The van der Waals surface area contributed by atoms with Gasteiger partial charge in [-0.2, -0.15) is 0 Å². The number of benzene rings is 1. The predicted molar refractivity (Wildman–Crippen MR) is 82.2 cm³/mol. The fourth-order valence-electron chi connectivity index (χ4n) is 3.74. The zero-order valence-corrected chi connectivity index (χ0v) is 12.6. The first-order valence-electron chi connectivity index (χ1n) is 8.13. The van der Waals surface area contributed by atoms with Crippen LogP contribution in [0.4, 0.5) is 4.39 Å². The molecule has 1 saturated heterocycles. The molecule has 116 valence electrons. The maximum atomic E-state index is 12.9. The van der Waals surface area contributed by atoms with E-state index in [-0.39, 0.29) is 5.82 Å². The normalized spacial score (nSPS) is 22.3. The average molecular weight is 292 g/mol. The lowest BCUT2D eigenvalue weighted by molar-refractivity contribution is 0.0183. The van der Waals surface area contributed by atoms with Crippen molar-refractivity contribution in [2.24, 2.45) is 0 Å². The number of ether oxygens (including phenoxy) is 1. The van der Waals surface area contributed by atoms with E-state index < -0.39 is 0 Å². The largest absolute Gasteiger partial charge is 0.492 e. The standard InChI is InChI=1S/C17H25FN2O/c18-15-4-6-16(7-5-15)21-13-12-20-11-10-19-14-17(20)8-2-1-3-9-17/h4-7,19H,1-3,8-14H2. The van der Waals surface area contributed by atoms with Gasteiger partial charge in [0.05, 0.1) is 0 Å². The highest BCUT2D eigenvalue weighted by molar-refractivity contribution is 5.22. The van der Waals surface area contributed by atoms with Gasteiger partial charge in [0.25, 0.3) is 0 Å². The van der Waals surface area contributed by atoms with Gasteiger partial charge in [-0.1, -0.05) is 19.3 Å². The molecule has 21 heavy (non-hydrogen) atoms. The van der Waals surface area contributed by atoms with E-state index in [1.807, 2.05) is 0 Å². The van der Waals surface area contributed by atoms with Crippen LogP contribution in [0, 0.1) is 5.82 Å². The number of nitrogens with one attached hydrogen (secondary N) is 1. The molecule has 0 unspecified atom stereocenters. The van der Waals surface area contributed by atoms with Crippen molar-refractivity contribution in [1.29, 1.82) is 0 Å². The van der Waals surface area contributed by atoms with Crippen molar-refractivity contribution in [1.82, 2.24) is 10.2 Å². The van der Waals surface area contributed by atoms with Crippen LogP contribution in [-0.2, 0) is 0 Å². The van der Waals surface area contributed by atoms with E-state index in [2.05, 4.69) is 10.2 Å². The van der Waals surface area contributed by atoms with Gasteiger partial charge in [0.15, 0.2) is 0 Å². The van der Waals surface area contributed by atoms with Crippen LogP contribution < -0.4 is 10.1 Å². The third-order valence-electron chi connectivity index (χ3n) is 4.91. The molecule has 1 heterocycles. The molecule has 0 bridgehead atoms. The Labute approximate surface area is 126 Å². The van der Waals surface area contributed by atoms with E-state index in [1.54, 1.807) is 12.1 Å². The molecule has 0 atom stereocenters. The second-order valence-corrected chi connectivity index (χ2v) is 6.25. The molecule has 1 aromatic carbocycles. The monoisotopic (exact) mass is 292 g/mol.